The molecule has 1 aromatic heterocycles. The normalized spacial score (nSPS) is 10.9. The minimum absolute atomic E-state index is 0.112. The summed E-state index contributed by atoms with van der Waals surface area (Å²) in [7, 11) is 1.63. The molecule has 0 aliphatic carbocycles. The summed E-state index contributed by atoms with van der Waals surface area (Å²) in [5.41, 5.74) is 6.26. The Kier molecular flexibility index (Phi) is 8.85. The molecule has 0 saturated carbocycles. The van der Waals surface area contributed by atoms with E-state index >= 15 is 0 Å². The van der Waals surface area contributed by atoms with Crippen LogP contribution in [-0.2, 0) is 11.4 Å². The number of nitrogens with zero attached hydrogens (tertiary/aromatic N) is 4. The minimum atomic E-state index is -0.261. The molecule has 1 N–H and O–H groups in total. The van der Waals surface area contributed by atoms with Gasteiger partial charge in [0.25, 0.3) is 5.91 Å². The number of aromatic nitrogens is 3. The first kappa shape index (κ1) is 26.7. The van der Waals surface area contributed by atoms with Crippen LogP contribution in [0.15, 0.2) is 119 Å². The second kappa shape index (κ2) is 13.3. The number of hydrogen-bond acceptors (Lipinski definition) is 7. The van der Waals surface area contributed by atoms with Crippen LogP contribution in [0.2, 0.25) is 0 Å². The fraction of sp³-hybridized carbons (Fsp3) is 0.0968. The molecule has 0 aliphatic rings. The Hall–Kier alpha value is -4.89. The maximum Gasteiger partial charge on any atom is 0.250 e. The number of amides is 1. The zero-order valence-corrected chi connectivity index (χ0v) is 22.6. The quantitative estimate of drug-likeness (QED) is 0.128. The van der Waals surface area contributed by atoms with Gasteiger partial charge < -0.3 is 9.47 Å². The van der Waals surface area contributed by atoms with Crippen LogP contribution >= 0.6 is 11.8 Å². The van der Waals surface area contributed by atoms with Gasteiger partial charge in [-0.25, -0.2) is 5.43 Å². The Morgan fingerprint density at radius 3 is 2.40 bits per heavy atom. The number of nitrogens with one attached hydrogen (secondary N) is 1. The molecular formula is C31H27N5O3S. The van der Waals surface area contributed by atoms with Gasteiger partial charge in [0.15, 0.2) is 11.0 Å². The van der Waals surface area contributed by atoms with Gasteiger partial charge in [-0.2, -0.15) is 5.10 Å². The highest BCUT2D eigenvalue weighted by molar-refractivity contribution is 7.99. The van der Waals surface area contributed by atoms with Crippen molar-refractivity contribution in [1.29, 1.82) is 0 Å². The highest BCUT2D eigenvalue weighted by atomic mass is 32.2. The lowest BCUT2D eigenvalue weighted by atomic mass is 10.2. The van der Waals surface area contributed by atoms with E-state index in [0.717, 1.165) is 33.9 Å². The molecule has 0 unspecified atom stereocenters. The van der Waals surface area contributed by atoms with E-state index in [-0.39, 0.29) is 11.7 Å². The van der Waals surface area contributed by atoms with E-state index in [2.05, 4.69) is 20.7 Å². The molecule has 9 heteroatoms. The monoisotopic (exact) mass is 549 g/mol. The highest BCUT2D eigenvalue weighted by Crippen LogP contribution is 2.28. The number of carbonyl (C=O) groups excluding carboxylic acids is 1. The van der Waals surface area contributed by atoms with Crippen molar-refractivity contribution in [2.24, 2.45) is 5.10 Å². The number of rotatable bonds is 11. The van der Waals surface area contributed by atoms with Gasteiger partial charge in [-0.15, -0.1) is 10.2 Å². The first-order valence-corrected chi connectivity index (χ1v) is 13.5. The molecular weight excluding hydrogens is 522 g/mol. The standard InChI is InChI=1S/C31H27N5O3S/c1-38-27-17-15-26(16-18-27)36-30(25-12-6-3-7-13-25)34-35-31(36)40-22-29(37)33-32-20-24-11-8-14-28(19-24)39-21-23-9-4-2-5-10-23/h2-20H,21-22H2,1H3,(H,33,37)/b32-20+. The van der Waals surface area contributed by atoms with E-state index in [4.69, 9.17) is 9.47 Å². The lowest BCUT2D eigenvalue weighted by molar-refractivity contribution is -0.118. The molecule has 0 spiro atoms. The SMILES string of the molecule is COc1ccc(-n2c(SCC(=O)N/N=C/c3cccc(OCc4ccccc4)c3)nnc2-c2ccccc2)cc1. The molecule has 0 bridgehead atoms. The summed E-state index contributed by atoms with van der Waals surface area (Å²) in [6.07, 6.45) is 1.59. The predicted molar refractivity (Wildman–Crippen MR) is 157 cm³/mol. The average Bonchev–Trinajstić information content (AvgIpc) is 3.44. The van der Waals surface area contributed by atoms with Gasteiger partial charge in [0.2, 0.25) is 0 Å². The van der Waals surface area contributed by atoms with Crippen molar-refractivity contribution < 1.29 is 14.3 Å². The summed E-state index contributed by atoms with van der Waals surface area (Å²) >= 11 is 1.28. The number of carbonyl (C=O) groups is 1. The predicted octanol–water partition coefficient (Wildman–Crippen LogP) is 5.76. The first-order chi connectivity index (χ1) is 19.7. The molecule has 4 aromatic carbocycles. The van der Waals surface area contributed by atoms with Gasteiger partial charge >= 0.3 is 0 Å². The largest absolute Gasteiger partial charge is 0.497 e. The molecule has 8 nitrogen and oxygen atoms in total. The zero-order valence-electron chi connectivity index (χ0n) is 21.8. The van der Waals surface area contributed by atoms with Crippen LogP contribution in [0.25, 0.3) is 17.1 Å². The van der Waals surface area contributed by atoms with Crippen LogP contribution < -0.4 is 14.9 Å². The van der Waals surface area contributed by atoms with Crippen LogP contribution in [0.5, 0.6) is 11.5 Å². The van der Waals surface area contributed by atoms with E-state index in [1.165, 1.54) is 11.8 Å². The molecule has 0 aliphatic heterocycles. The summed E-state index contributed by atoms with van der Waals surface area (Å²) in [5.74, 6) is 2.00. The Morgan fingerprint density at radius 1 is 0.900 bits per heavy atom. The van der Waals surface area contributed by atoms with E-state index < -0.39 is 0 Å². The van der Waals surface area contributed by atoms with Crippen LogP contribution in [0, 0.1) is 0 Å². The lowest BCUT2D eigenvalue weighted by Crippen LogP contribution is -2.20. The lowest BCUT2D eigenvalue weighted by Gasteiger charge is -2.11. The number of methoxy groups -OCH3 is 1. The zero-order chi connectivity index (χ0) is 27.6. The number of benzene rings is 4. The van der Waals surface area contributed by atoms with Gasteiger partial charge in [-0.05, 0) is 47.5 Å². The number of hydrazone groups is 1. The Balaban J connectivity index is 1.22. The van der Waals surface area contributed by atoms with Gasteiger partial charge in [0.1, 0.15) is 18.1 Å². The summed E-state index contributed by atoms with van der Waals surface area (Å²) in [4.78, 5) is 12.6. The topological polar surface area (TPSA) is 90.6 Å². The van der Waals surface area contributed by atoms with Gasteiger partial charge in [0.05, 0.1) is 19.1 Å². The fourth-order valence-electron chi connectivity index (χ4n) is 3.87. The summed E-state index contributed by atoms with van der Waals surface area (Å²) in [6.45, 7) is 0.475. The third-order valence-electron chi connectivity index (χ3n) is 5.84. The molecule has 0 atom stereocenters. The van der Waals surface area contributed by atoms with Crippen LogP contribution in [0.3, 0.4) is 0 Å². The van der Waals surface area contributed by atoms with Crippen molar-refractivity contribution in [3.8, 4) is 28.6 Å². The van der Waals surface area contributed by atoms with Crippen LogP contribution in [0.4, 0.5) is 0 Å². The second-order valence-electron chi connectivity index (χ2n) is 8.63. The molecule has 1 heterocycles. The van der Waals surface area contributed by atoms with Gasteiger partial charge in [-0.1, -0.05) is 84.6 Å². The first-order valence-electron chi connectivity index (χ1n) is 12.6. The Labute approximate surface area is 236 Å². The number of thioether (sulfide) groups is 1. The molecule has 0 saturated heterocycles. The van der Waals surface area contributed by atoms with Crippen molar-refractivity contribution in [2.75, 3.05) is 12.9 Å². The van der Waals surface area contributed by atoms with Crippen LogP contribution in [-0.4, -0.2) is 39.7 Å². The highest BCUT2D eigenvalue weighted by Gasteiger charge is 2.17. The van der Waals surface area contributed by atoms with Gasteiger partial charge in [0, 0.05) is 11.3 Å². The van der Waals surface area contributed by atoms with Crippen molar-refractivity contribution in [2.45, 2.75) is 11.8 Å². The fourth-order valence-corrected chi connectivity index (χ4v) is 4.61. The van der Waals surface area contributed by atoms with E-state index in [0.29, 0.717) is 17.6 Å². The maximum atomic E-state index is 12.6. The Morgan fingerprint density at radius 2 is 1.65 bits per heavy atom. The molecule has 0 radical (unpaired) electrons. The van der Waals surface area contributed by atoms with Crippen molar-refractivity contribution >= 4 is 23.9 Å². The summed E-state index contributed by atoms with van der Waals surface area (Å²) < 4.78 is 13.1. The number of ether oxygens (including phenoxy) is 2. The van der Waals surface area contributed by atoms with Crippen molar-refractivity contribution in [3.05, 3.63) is 120 Å². The van der Waals surface area contributed by atoms with E-state index in [1.807, 2.05) is 114 Å². The second-order valence-corrected chi connectivity index (χ2v) is 9.58. The molecule has 40 heavy (non-hydrogen) atoms. The van der Waals surface area contributed by atoms with E-state index in [1.54, 1.807) is 13.3 Å². The van der Waals surface area contributed by atoms with Crippen molar-refractivity contribution in [3.63, 3.8) is 0 Å². The third-order valence-corrected chi connectivity index (χ3v) is 6.77. The molecule has 5 aromatic rings. The average molecular weight is 550 g/mol. The smallest absolute Gasteiger partial charge is 0.250 e. The van der Waals surface area contributed by atoms with Gasteiger partial charge in [-0.3, -0.25) is 9.36 Å². The van der Waals surface area contributed by atoms with Crippen molar-refractivity contribution in [1.82, 2.24) is 20.2 Å². The van der Waals surface area contributed by atoms with E-state index in [9.17, 15) is 4.79 Å². The maximum absolute atomic E-state index is 12.6. The molecule has 0 fully saturated rings. The molecule has 1 amide bonds. The van der Waals surface area contributed by atoms with Crippen LogP contribution in [0.1, 0.15) is 11.1 Å². The third kappa shape index (κ3) is 6.95. The number of hydrogen-bond donors (Lipinski definition) is 1. The minimum Gasteiger partial charge on any atom is -0.497 e. The summed E-state index contributed by atoms with van der Waals surface area (Å²) in [6, 6.07) is 34.9. The molecule has 200 valence electrons. The Bertz CT molecular complexity index is 1570. The summed E-state index contributed by atoms with van der Waals surface area (Å²) in [5, 5.41) is 13.5. The molecule has 5 rings (SSSR count).